The molecule has 110 valence electrons. The number of nitrogens with one attached hydrogen (secondary N) is 1. The van der Waals surface area contributed by atoms with Crippen LogP contribution < -0.4 is 5.32 Å². The summed E-state index contributed by atoms with van der Waals surface area (Å²) >= 11 is 0. The van der Waals surface area contributed by atoms with Gasteiger partial charge in [0.1, 0.15) is 0 Å². The molecular weight excluding hydrogens is 236 g/mol. The lowest BCUT2D eigenvalue weighted by atomic mass is 9.85. The van der Waals surface area contributed by atoms with E-state index in [2.05, 4.69) is 24.1 Å². The lowest BCUT2D eigenvalue weighted by molar-refractivity contribution is -0.112. The normalized spacial score (nSPS) is 36.3. The summed E-state index contributed by atoms with van der Waals surface area (Å²) in [5, 5.41) is 3.73. The van der Waals surface area contributed by atoms with E-state index in [9.17, 15) is 0 Å². The fourth-order valence-corrected chi connectivity index (χ4v) is 4.00. The molecule has 0 aromatic carbocycles. The Hall–Kier alpha value is -0.120. The smallest absolute Gasteiger partial charge is 0.0692 e. The standard InChI is InChI=1S/C16H30N2O/c1-3-16(4-2)11-14(7-10-19-16)18-9-8-17-15(12-18)13-5-6-13/h13-15,17H,3-12H2,1-2H3. The molecule has 2 heterocycles. The van der Waals surface area contributed by atoms with Crippen LogP contribution in [0.25, 0.3) is 0 Å². The van der Waals surface area contributed by atoms with E-state index in [1.807, 2.05) is 0 Å². The third-order valence-electron chi connectivity index (χ3n) is 5.70. The van der Waals surface area contributed by atoms with Gasteiger partial charge in [-0.2, -0.15) is 0 Å². The molecular formula is C16H30N2O. The fraction of sp³-hybridized carbons (Fsp3) is 1.00. The van der Waals surface area contributed by atoms with E-state index in [4.69, 9.17) is 4.74 Å². The lowest BCUT2D eigenvalue weighted by Crippen LogP contribution is -2.57. The summed E-state index contributed by atoms with van der Waals surface area (Å²) in [5.41, 5.74) is 0.170. The molecule has 0 aromatic heterocycles. The zero-order valence-electron chi connectivity index (χ0n) is 12.7. The first kappa shape index (κ1) is 13.8. The molecule has 3 heteroatoms. The highest BCUT2D eigenvalue weighted by molar-refractivity contribution is 4.95. The molecule has 0 spiro atoms. The van der Waals surface area contributed by atoms with Crippen molar-refractivity contribution in [3.8, 4) is 0 Å². The van der Waals surface area contributed by atoms with Gasteiger partial charge in [0.05, 0.1) is 5.60 Å². The van der Waals surface area contributed by atoms with Crippen molar-refractivity contribution in [3.63, 3.8) is 0 Å². The topological polar surface area (TPSA) is 24.5 Å². The number of hydrogen-bond acceptors (Lipinski definition) is 3. The van der Waals surface area contributed by atoms with E-state index in [1.54, 1.807) is 0 Å². The van der Waals surface area contributed by atoms with Crippen molar-refractivity contribution in [3.05, 3.63) is 0 Å². The quantitative estimate of drug-likeness (QED) is 0.845. The molecule has 1 saturated carbocycles. The number of ether oxygens (including phenoxy) is 1. The van der Waals surface area contributed by atoms with Crippen LogP contribution >= 0.6 is 0 Å². The zero-order valence-corrected chi connectivity index (χ0v) is 12.7. The van der Waals surface area contributed by atoms with E-state index in [1.165, 1.54) is 45.3 Å². The van der Waals surface area contributed by atoms with Gasteiger partial charge in [-0.3, -0.25) is 4.90 Å². The van der Waals surface area contributed by atoms with E-state index >= 15 is 0 Å². The van der Waals surface area contributed by atoms with Crippen LogP contribution in [-0.2, 0) is 4.74 Å². The second-order valence-electron chi connectivity index (χ2n) is 6.78. The molecule has 2 aliphatic heterocycles. The third-order valence-corrected chi connectivity index (χ3v) is 5.70. The minimum absolute atomic E-state index is 0.170. The Labute approximate surface area is 118 Å². The molecule has 0 bridgehead atoms. The van der Waals surface area contributed by atoms with Gasteiger partial charge in [-0.25, -0.2) is 0 Å². The van der Waals surface area contributed by atoms with Crippen LogP contribution in [0.15, 0.2) is 0 Å². The molecule has 3 nitrogen and oxygen atoms in total. The van der Waals surface area contributed by atoms with Crippen molar-refractivity contribution in [2.24, 2.45) is 5.92 Å². The number of rotatable bonds is 4. The Morgan fingerprint density at radius 2 is 2.00 bits per heavy atom. The predicted octanol–water partition coefficient (Wildman–Crippen LogP) is 2.41. The summed E-state index contributed by atoms with van der Waals surface area (Å²) in [7, 11) is 0. The van der Waals surface area contributed by atoms with Gasteiger partial charge in [-0.15, -0.1) is 0 Å². The number of piperazine rings is 1. The Morgan fingerprint density at radius 3 is 2.68 bits per heavy atom. The largest absolute Gasteiger partial charge is 0.375 e. The molecule has 2 atom stereocenters. The van der Waals surface area contributed by atoms with Crippen LogP contribution in [0.4, 0.5) is 0 Å². The summed E-state index contributed by atoms with van der Waals surface area (Å²) in [6.07, 6.45) is 7.72. The van der Waals surface area contributed by atoms with E-state index in [0.717, 1.165) is 37.5 Å². The highest BCUT2D eigenvalue weighted by Gasteiger charge is 2.40. The minimum atomic E-state index is 0.170. The number of hydrogen-bond donors (Lipinski definition) is 1. The molecule has 0 amide bonds. The maximum Gasteiger partial charge on any atom is 0.0692 e. The van der Waals surface area contributed by atoms with E-state index in [0.29, 0.717) is 0 Å². The van der Waals surface area contributed by atoms with Crippen molar-refractivity contribution in [1.29, 1.82) is 0 Å². The minimum Gasteiger partial charge on any atom is -0.375 e. The van der Waals surface area contributed by atoms with Gasteiger partial charge in [0, 0.05) is 38.3 Å². The molecule has 19 heavy (non-hydrogen) atoms. The maximum absolute atomic E-state index is 6.13. The van der Waals surface area contributed by atoms with Gasteiger partial charge in [0.2, 0.25) is 0 Å². The van der Waals surface area contributed by atoms with Crippen LogP contribution in [0, 0.1) is 5.92 Å². The van der Waals surface area contributed by atoms with Gasteiger partial charge >= 0.3 is 0 Å². The molecule has 3 aliphatic rings. The summed E-state index contributed by atoms with van der Waals surface area (Å²) in [6.45, 7) is 9.23. The Morgan fingerprint density at radius 1 is 1.21 bits per heavy atom. The van der Waals surface area contributed by atoms with E-state index < -0.39 is 0 Å². The van der Waals surface area contributed by atoms with Gasteiger partial charge in [-0.05, 0) is 44.4 Å². The molecule has 3 rings (SSSR count). The first-order valence-corrected chi connectivity index (χ1v) is 8.38. The average molecular weight is 266 g/mol. The van der Waals surface area contributed by atoms with Crippen molar-refractivity contribution in [1.82, 2.24) is 10.2 Å². The second-order valence-corrected chi connectivity index (χ2v) is 6.78. The first-order chi connectivity index (χ1) is 9.26. The SMILES string of the molecule is CCC1(CC)CC(N2CCNC(C3CC3)C2)CCO1. The molecule has 2 unspecified atom stereocenters. The second kappa shape index (κ2) is 5.71. The Bertz CT molecular complexity index is 299. The fourth-order valence-electron chi connectivity index (χ4n) is 4.00. The summed E-state index contributed by atoms with van der Waals surface area (Å²) in [4.78, 5) is 2.77. The van der Waals surface area contributed by atoms with Crippen molar-refractivity contribution < 1.29 is 4.74 Å². The molecule has 0 aromatic rings. The molecule has 3 fully saturated rings. The highest BCUT2D eigenvalue weighted by atomic mass is 16.5. The van der Waals surface area contributed by atoms with Crippen LogP contribution in [0.5, 0.6) is 0 Å². The third kappa shape index (κ3) is 2.98. The van der Waals surface area contributed by atoms with Crippen LogP contribution in [-0.4, -0.2) is 48.8 Å². The van der Waals surface area contributed by atoms with Crippen molar-refractivity contribution in [2.75, 3.05) is 26.2 Å². The molecule has 1 N–H and O–H groups in total. The van der Waals surface area contributed by atoms with Crippen molar-refractivity contribution >= 4 is 0 Å². The molecule has 2 saturated heterocycles. The average Bonchev–Trinajstić information content (AvgIpc) is 3.32. The summed E-state index contributed by atoms with van der Waals surface area (Å²) < 4.78 is 6.13. The van der Waals surface area contributed by atoms with E-state index in [-0.39, 0.29) is 5.60 Å². The van der Waals surface area contributed by atoms with Crippen LogP contribution in [0.2, 0.25) is 0 Å². The van der Waals surface area contributed by atoms with Gasteiger partial charge in [0.25, 0.3) is 0 Å². The van der Waals surface area contributed by atoms with Crippen molar-refractivity contribution in [2.45, 2.75) is 70.1 Å². The molecule has 0 radical (unpaired) electrons. The Balaban J connectivity index is 1.60. The number of nitrogens with zero attached hydrogens (tertiary/aromatic N) is 1. The van der Waals surface area contributed by atoms with Gasteiger partial charge < -0.3 is 10.1 Å². The summed E-state index contributed by atoms with van der Waals surface area (Å²) in [5.74, 6) is 0.977. The summed E-state index contributed by atoms with van der Waals surface area (Å²) in [6, 6.07) is 1.53. The monoisotopic (exact) mass is 266 g/mol. The van der Waals surface area contributed by atoms with Gasteiger partial charge in [-0.1, -0.05) is 13.8 Å². The Kier molecular flexibility index (Phi) is 4.16. The maximum atomic E-state index is 6.13. The molecule has 1 aliphatic carbocycles. The highest BCUT2D eigenvalue weighted by Crippen LogP contribution is 2.37. The predicted molar refractivity (Wildman–Crippen MR) is 78.4 cm³/mol. The lowest BCUT2D eigenvalue weighted by Gasteiger charge is -2.46. The van der Waals surface area contributed by atoms with Crippen LogP contribution in [0.3, 0.4) is 0 Å². The van der Waals surface area contributed by atoms with Gasteiger partial charge in [0.15, 0.2) is 0 Å². The van der Waals surface area contributed by atoms with Crippen LogP contribution in [0.1, 0.15) is 52.4 Å². The zero-order chi connectivity index (χ0) is 13.3. The first-order valence-electron chi connectivity index (χ1n) is 8.38.